The maximum Gasteiger partial charge on any atom is 0.298 e. The Hall–Kier alpha value is -1.64. The predicted molar refractivity (Wildman–Crippen MR) is 93.0 cm³/mol. The highest BCUT2D eigenvalue weighted by Gasteiger charge is 2.46. The number of oxazole rings is 1. The number of nitrogens with zero attached hydrogens (tertiary/aromatic N) is 3. The van der Waals surface area contributed by atoms with E-state index in [1.165, 1.54) is 0 Å². The largest absolute Gasteiger partial charge is 0.423 e. The molecule has 8 heteroatoms. The molecule has 2 bridgehead atoms. The van der Waals surface area contributed by atoms with Gasteiger partial charge in [-0.15, -0.1) is 0 Å². The summed E-state index contributed by atoms with van der Waals surface area (Å²) in [6, 6.07) is 8.07. The number of hydrogen-bond donors (Lipinski definition) is 0. The van der Waals surface area contributed by atoms with Crippen LogP contribution in [0, 0.1) is 5.92 Å². The molecular formula is C17H21N3O4S. The van der Waals surface area contributed by atoms with Crippen LogP contribution in [-0.2, 0) is 14.8 Å². The van der Waals surface area contributed by atoms with Gasteiger partial charge in [-0.25, -0.2) is 8.42 Å². The molecule has 0 unspecified atom stereocenters. The first-order valence-electron chi connectivity index (χ1n) is 8.80. The number of anilines is 1. The Bertz CT molecular complexity index is 859. The van der Waals surface area contributed by atoms with Gasteiger partial charge in [0.15, 0.2) is 5.58 Å². The zero-order valence-corrected chi connectivity index (χ0v) is 14.7. The number of hydrogen-bond acceptors (Lipinski definition) is 6. The summed E-state index contributed by atoms with van der Waals surface area (Å²) in [6.45, 7) is 2.78. The van der Waals surface area contributed by atoms with E-state index in [2.05, 4.69) is 9.88 Å². The average molecular weight is 363 g/mol. The van der Waals surface area contributed by atoms with Gasteiger partial charge in [-0.2, -0.15) is 9.29 Å². The fraction of sp³-hybridized carbons (Fsp3) is 0.588. The fourth-order valence-electron chi connectivity index (χ4n) is 3.83. The molecule has 3 heterocycles. The number of fused-ring (bicyclic) bond motifs is 4. The lowest BCUT2D eigenvalue weighted by molar-refractivity contribution is 0.0973. The van der Waals surface area contributed by atoms with Crippen molar-refractivity contribution >= 4 is 27.1 Å². The minimum absolute atomic E-state index is 0.121. The van der Waals surface area contributed by atoms with Crippen LogP contribution in [0.4, 0.5) is 6.01 Å². The second kappa shape index (κ2) is 5.69. The molecule has 2 saturated heterocycles. The highest BCUT2D eigenvalue weighted by atomic mass is 32.2. The Kier molecular flexibility index (Phi) is 3.55. The van der Waals surface area contributed by atoms with Gasteiger partial charge in [0.25, 0.3) is 6.01 Å². The monoisotopic (exact) mass is 363 g/mol. The molecule has 1 saturated carbocycles. The summed E-state index contributed by atoms with van der Waals surface area (Å²) in [5.41, 5.74) is 1.58. The molecule has 1 aromatic carbocycles. The summed E-state index contributed by atoms with van der Waals surface area (Å²) >= 11 is 0. The Labute approximate surface area is 146 Å². The molecule has 2 aliphatic heterocycles. The maximum atomic E-state index is 12.8. The first-order chi connectivity index (χ1) is 12.1. The van der Waals surface area contributed by atoms with Gasteiger partial charge >= 0.3 is 0 Å². The van der Waals surface area contributed by atoms with E-state index in [9.17, 15) is 8.42 Å². The third-order valence-corrected chi connectivity index (χ3v) is 7.66. The molecule has 0 radical (unpaired) electrons. The van der Waals surface area contributed by atoms with Crippen LogP contribution in [-0.4, -0.2) is 61.8 Å². The van der Waals surface area contributed by atoms with Crippen molar-refractivity contribution in [3.8, 4) is 0 Å². The van der Waals surface area contributed by atoms with E-state index in [4.69, 9.17) is 9.15 Å². The third-order valence-electron chi connectivity index (χ3n) is 5.24. The second-order valence-electron chi connectivity index (χ2n) is 7.24. The number of rotatable bonds is 3. The minimum atomic E-state index is -3.22. The van der Waals surface area contributed by atoms with Gasteiger partial charge in [0.2, 0.25) is 10.0 Å². The van der Waals surface area contributed by atoms with Crippen LogP contribution in [0.1, 0.15) is 12.8 Å². The van der Waals surface area contributed by atoms with Gasteiger partial charge in [0.05, 0.1) is 24.5 Å². The van der Waals surface area contributed by atoms with E-state index in [-0.39, 0.29) is 17.2 Å². The second-order valence-corrected chi connectivity index (χ2v) is 9.41. The van der Waals surface area contributed by atoms with E-state index < -0.39 is 10.0 Å². The van der Waals surface area contributed by atoms with Crippen molar-refractivity contribution in [2.75, 3.05) is 37.7 Å². The van der Waals surface area contributed by atoms with Crippen molar-refractivity contribution in [2.24, 2.45) is 5.92 Å². The van der Waals surface area contributed by atoms with Crippen molar-refractivity contribution in [1.82, 2.24) is 9.29 Å². The maximum absolute atomic E-state index is 12.8. The van der Waals surface area contributed by atoms with Crippen LogP contribution in [0.25, 0.3) is 11.1 Å². The molecule has 3 fully saturated rings. The van der Waals surface area contributed by atoms with Gasteiger partial charge in [-0.1, -0.05) is 12.1 Å². The lowest BCUT2D eigenvalue weighted by Gasteiger charge is -2.30. The topological polar surface area (TPSA) is 75.9 Å². The van der Waals surface area contributed by atoms with Crippen molar-refractivity contribution in [3.63, 3.8) is 0 Å². The van der Waals surface area contributed by atoms with Gasteiger partial charge < -0.3 is 14.1 Å². The third kappa shape index (κ3) is 2.72. The lowest BCUT2D eigenvalue weighted by atomic mass is 10.1. The van der Waals surface area contributed by atoms with E-state index >= 15 is 0 Å². The highest BCUT2D eigenvalue weighted by molar-refractivity contribution is 7.90. The number of aromatic nitrogens is 1. The molecule has 0 amide bonds. The smallest absolute Gasteiger partial charge is 0.298 e. The summed E-state index contributed by atoms with van der Waals surface area (Å²) in [6.07, 6.45) is 1.57. The Morgan fingerprint density at radius 3 is 2.72 bits per heavy atom. The van der Waals surface area contributed by atoms with Crippen LogP contribution in [0.5, 0.6) is 0 Å². The first kappa shape index (κ1) is 15.6. The van der Waals surface area contributed by atoms with Crippen molar-refractivity contribution in [2.45, 2.75) is 24.1 Å². The molecule has 0 spiro atoms. The SMILES string of the molecule is O=S(=O)(C1CC1)N1C[C@H]2COC[C@@H]1CN(c1nc3ccccc3o1)C2. The molecule has 0 N–H and O–H groups in total. The molecule has 1 aromatic heterocycles. The lowest BCUT2D eigenvalue weighted by Crippen LogP contribution is -2.47. The summed E-state index contributed by atoms with van der Waals surface area (Å²) < 4.78 is 39.0. The van der Waals surface area contributed by atoms with Crippen molar-refractivity contribution in [3.05, 3.63) is 24.3 Å². The molecular weight excluding hydrogens is 342 g/mol. The quantitative estimate of drug-likeness (QED) is 0.822. The Morgan fingerprint density at radius 1 is 1.08 bits per heavy atom. The molecule has 134 valence electrons. The molecule has 3 aliphatic rings. The van der Waals surface area contributed by atoms with E-state index in [0.29, 0.717) is 38.9 Å². The minimum Gasteiger partial charge on any atom is -0.423 e. The van der Waals surface area contributed by atoms with Gasteiger partial charge in [0.1, 0.15) is 5.52 Å². The van der Waals surface area contributed by atoms with Crippen molar-refractivity contribution < 1.29 is 17.6 Å². The van der Waals surface area contributed by atoms with Gasteiger partial charge in [0, 0.05) is 25.6 Å². The van der Waals surface area contributed by atoms with Crippen LogP contribution in [0.2, 0.25) is 0 Å². The van der Waals surface area contributed by atoms with Crippen LogP contribution in [0.3, 0.4) is 0 Å². The van der Waals surface area contributed by atoms with Gasteiger partial charge in [-0.3, -0.25) is 0 Å². The Balaban J connectivity index is 1.48. The average Bonchev–Trinajstić information content (AvgIpc) is 3.38. The number of para-hydroxylation sites is 2. The molecule has 7 nitrogen and oxygen atoms in total. The number of sulfonamides is 1. The Morgan fingerprint density at radius 2 is 1.92 bits per heavy atom. The fourth-order valence-corrected chi connectivity index (χ4v) is 5.90. The normalized spacial score (nSPS) is 28.2. The number of ether oxygens (including phenoxy) is 1. The molecule has 25 heavy (non-hydrogen) atoms. The zero-order chi connectivity index (χ0) is 17.0. The number of benzene rings is 1. The molecule has 2 aromatic rings. The van der Waals surface area contributed by atoms with Crippen LogP contribution >= 0.6 is 0 Å². The summed E-state index contributed by atoms with van der Waals surface area (Å²) in [4.78, 5) is 6.67. The van der Waals surface area contributed by atoms with E-state index in [1.807, 2.05) is 24.3 Å². The van der Waals surface area contributed by atoms with E-state index in [0.717, 1.165) is 23.9 Å². The molecule has 5 rings (SSSR count). The van der Waals surface area contributed by atoms with Crippen LogP contribution in [0.15, 0.2) is 28.7 Å². The highest BCUT2D eigenvalue weighted by Crippen LogP contribution is 2.35. The zero-order valence-electron chi connectivity index (χ0n) is 13.9. The molecule has 1 aliphatic carbocycles. The predicted octanol–water partition coefficient (Wildman–Crippen LogP) is 1.46. The molecule has 2 atom stereocenters. The summed E-state index contributed by atoms with van der Waals surface area (Å²) in [7, 11) is -3.22. The first-order valence-corrected chi connectivity index (χ1v) is 10.3. The summed E-state index contributed by atoms with van der Waals surface area (Å²) in [5.74, 6) is 0.121. The van der Waals surface area contributed by atoms with Crippen molar-refractivity contribution in [1.29, 1.82) is 0 Å². The summed E-state index contributed by atoms with van der Waals surface area (Å²) in [5, 5.41) is -0.190. The standard InChI is InChI=1S/C17H21N3O4S/c21-25(22,14-5-6-14)20-8-12-7-19(9-13(20)11-23-10-12)17-18-15-3-1-2-4-16(15)24-17/h1-4,12-14H,5-11H2/t12-,13-/m0/s1. The van der Waals surface area contributed by atoms with Crippen LogP contribution < -0.4 is 4.90 Å². The van der Waals surface area contributed by atoms with Gasteiger partial charge in [-0.05, 0) is 25.0 Å². The van der Waals surface area contributed by atoms with E-state index in [1.54, 1.807) is 4.31 Å².